The van der Waals surface area contributed by atoms with Gasteiger partial charge in [0.25, 0.3) is 0 Å². The topological polar surface area (TPSA) is 14.2 Å². The molecule has 11 heavy (non-hydrogen) atoms. The fourth-order valence-electron chi connectivity index (χ4n) is 1.30. The SMILES string of the molecule is COCn1c(C)cc(C)c1C. The molecule has 2 heteroatoms. The third-order valence-corrected chi connectivity index (χ3v) is 2.08. The van der Waals surface area contributed by atoms with Gasteiger partial charge in [-0.25, -0.2) is 0 Å². The van der Waals surface area contributed by atoms with Crippen LogP contribution in [0.25, 0.3) is 0 Å². The van der Waals surface area contributed by atoms with E-state index in [2.05, 4.69) is 31.4 Å². The van der Waals surface area contributed by atoms with Gasteiger partial charge in [-0.05, 0) is 32.4 Å². The maximum Gasteiger partial charge on any atom is 0.122 e. The number of nitrogens with zero attached hydrogens (tertiary/aromatic N) is 1. The summed E-state index contributed by atoms with van der Waals surface area (Å²) in [6, 6.07) is 2.17. The van der Waals surface area contributed by atoms with Gasteiger partial charge in [0.1, 0.15) is 6.73 Å². The molecule has 2 nitrogen and oxygen atoms in total. The average Bonchev–Trinajstić information content (AvgIpc) is 2.17. The van der Waals surface area contributed by atoms with E-state index in [9.17, 15) is 0 Å². The Morgan fingerprint density at radius 3 is 2.36 bits per heavy atom. The van der Waals surface area contributed by atoms with E-state index in [1.54, 1.807) is 7.11 Å². The highest BCUT2D eigenvalue weighted by molar-refractivity contribution is 5.24. The number of methoxy groups -OCH3 is 1. The van der Waals surface area contributed by atoms with Crippen LogP contribution in [-0.2, 0) is 11.5 Å². The third kappa shape index (κ3) is 1.46. The summed E-state index contributed by atoms with van der Waals surface area (Å²) in [6.45, 7) is 6.99. The molecule has 1 aromatic rings. The molecule has 1 heterocycles. The second kappa shape index (κ2) is 3.09. The van der Waals surface area contributed by atoms with Crippen molar-refractivity contribution in [3.8, 4) is 0 Å². The minimum atomic E-state index is 0.658. The Hall–Kier alpha value is -0.760. The van der Waals surface area contributed by atoms with Crippen LogP contribution in [0.3, 0.4) is 0 Å². The maximum absolute atomic E-state index is 5.07. The van der Waals surface area contributed by atoms with Crippen molar-refractivity contribution in [2.75, 3.05) is 7.11 Å². The Kier molecular flexibility index (Phi) is 2.35. The van der Waals surface area contributed by atoms with Crippen LogP contribution in [0.1, 0.15) is 17.0 Å². The molecule has 0 unspecified atom stereocenters. The van der Waals surface area contributed by atoms with Crippen LogP contribution in [0.5, 0.6) is 0 Å². The molecule has 0 fully saturated rings. The summed E-state index contributed by atoms with van der Waals surface area (Å²) in [5, 5.41) is 0. The van der Waals surface area contributed by atoms with Gasteiger partial charge in [-0.15, -0.1) is 0 Å². The Labute approximate surface area is 67.8 Å². The molecular weight excluding hydrogens is 138 g/mol. The molecule has 0 N–H and O–H groups in total. The van der Waals surface area contributed by atoms with Gasteiger partial charge in [0, 0.05) is 18.5 Å². The van der Waals surface area contributed by atoms with Crippen molar-refractivity contribution in [1.82, 2.24) is 4.57 Å². The van der Waals surface area contributed by atoms with Crippen LogP contribution < -0.4 is 0 Å². The largest absolute Gasteiger partial charge is 0.364 e. The van der Waals surface area contributed by atoms with E-state index in [0.29, 0.717) is 6.73 Å². The smallest absolute Gasteiger partial charge is 0.122 e. The van der Waals surface area contributed by atoms with Crippen molar-refractivity contribution in [3.05, 3.63) is 23.0 Å². The summed E-state index contributed by atoms with van der Waals surface area (Å²) in [4.78, 5) is 0. The lowest BCUT2D eigenvalue weighted by atomic mass is 10.3. The van der Waals surface area contributed by atoms with Crippen LogP contribution >= 0.6 is 0 Å². The highest BCUT2D eigenvalue weighted by Gasteiger charge is 2.03. The zero-order chi connectivity index (χ0) is 8.43. The minimum absolute atomic E-state index is 0.658. The lowest BCUT2D eigenvalue weighted by Crippen LogP contribution is -2.03. The van der Waals surface area contributed by atoms with Gasteiger partial charge in [-0.2, -0.15) is 0 Å². The molecule has 0 aliphatic carbocycles. The van der Waals surface area contributed by atoms with Crippen LogP contribution in [0.2, 0.25) is 0 Å². The van der Waals surface area contributed by atoms with Gasteiger partial charge in [0.15, 0.2) is 0 Å². The van der Waals surface area contributed by atoms with Crippen molar-refractivity contribution in [1.29, 1.82) is 0 Å². The summed E-state index contributed by atoms with van der Waals surface area (Å²) in [6.07, 6.45) is 0. The summed E-state index contributed by atoms with van der Waals surface area (Å²) >= 11 is 0. The van der Waals surface area contributed by atoms with Crippen LogP contribution in [0.4, 0.5) is 0 Å². The number of rotatable bonds is 2. The van der Waals surface area contributed by atoms with Gasteiger partial charge >= 0.3 is 0 Å². The van der Waals surface area contributed by atoms with Gasteiger partial charge in [0.2, 0.25) is 0 Å². The Balaban J connectivity index is 3.02. The van der Waals surface area contributed by atoms with Gasteiger partial charge < -0.3 is 9.30 Å². The zero-order valence-electron chi connectivity index (χ0n) is 7.64. The molecule has 1 rings (SSSR count). The number of ether oxygens (including phenoxy) is 1. The molecule has 0 aromatic carbocycles. The monoisotopic (exact) mass is 153 g/mol. The molecule has 0 amide bonds. The van der Waals surface area contributed by atoms with Crippen molar-refractivity contribution in [2.24, 2.45) is 0 Å². The van der Waals surface area contributed by atoms with Gasteiger partial charge in [0.05, 0.1) is 0 Å². The van der Waals surface area contributed by atoms with E-state index in [1.807, 2.05) is 0 Å². The maximum atomic E-state index is 5.07. The highest BCUT2D eigenvalue weighted by atomic mass is 16.5. The summed E-state index contributed by atoms with van der Waals surface area (Å²) in [5.41, 5.74) is 3.89. The second-order valence-electron chi connectivity index (χ2n) is 2.90. The number of aryl methyl sites for hydroxylation is 2. The van der Waals surface area contributed by atoms with Crippen LogP contribution in [-0.4, -0.2) is 11.7 Å². The van der Waals surface area contributed by atoms with Gasteiger partial charge in [-0.3, -0.25) is 0 Å². The number of hydrogen-bond acceptors (Lipinski definition) is 1. The van der Waals surface area contributed by atoms with Gasteiger partial charge in [-0.1, -0.05) is 0 Å². The molecule has 0 aliphatic heterocycles. The summed E-state index contributed by atoms with van der Waals surface area (Å²) < 4.78 is 7.23. The molecule has 0 spiro atoms. The standard InChI is InChI=1S/C9H15NO/c1-7-5-8(2)10(6-11-4)9(7)3/h5H,6H2,1-4H3. The van der Waals surface area contributed by atoms with Crippen LogP contribution in [0.15, 0.2) is 6.07 Å². The van der Waals surface area contributed by atoms with Crippen molar-refractivity contribution in [2.45, 2.75) is 27.5 Å². The Morgan fingerprint density at radius 1 is 1.36 bits per heavy atom. The van der Waals surface area contributed by atoms with E-state index < -0.39 is 0 Å². The average molecular weight is 153 g/mol. The first-order chi connectivity index (χ1) is 5.16. The molecular formula is C9H15NO. The first-order valence-corrected chi connectivity index (χ1v) is 3.79. The van der Waals surface area contributed by atoms with E-state index in [4.69, 9.17) is 4.74 Å². The summed E-state index contributed by atoms with van der Waals surface area (Å²) in [5.74, 6) is 0. The molecule has 62 valence electrons. The van der Waals surface area contributed by atoms with E-state index >= 15 is 0 Å². The molecule has 0 atom stereocenters. The molecule has 0 bridgehead atoms. The molecule has 0 saturated carbocycles. The number of aromatic nitrogens is 1. The zero-order valence-corrected chi connectivity index (χ0v) is 7.64. The van der Waals surface area contributed by atoms with E-state index in [1.165, 1.54) is 17.0 Å². The van der Waals surface area contributed by atoms with Crippen molar-refractivity contribution in [3.63, 3.8) is 0 Å². The number of hydrogen-bond donors (Lipinski definition) is 0. The van der Waals surface area contributed by atoms with E-state index in [-0.39, 0.29) is 0 Å². The quantitative estimate of drug-likeness (QED) is 0.634. The first-order valence-electron chi connectivity index (χ1n) is 3.79. The normalized spacial score (nSPS) is 10.5. The third-order valence-electron chi connectivity index (χ3n) is 2.08. The minimum Gasteiger partial charge on any atom is -0.364 e. The van der Waals surface area contributed by atoms with Crippen LogP contribution in [0, 0.1) is 20.8 Å². The predicted molar refractivity (Wildman–Crippen MR) is 45.7 cm³/mol. The van der Waals surface area contributed by atoms with Crippen molar-refractivity contribution < 1.29 is 4.74 Å². The lowest BCUT2D eigenvalue weighted by molar-refractivity contribution is 0.128. The lowest BCUT2D eigenvalue weighted by Gasteiger charge is -2.06. The Morgan fingerprint density at radius 2 is 2.00 bits per heavy atom. The molecule has 0 radical (unpaired) electrons. The van der Waals surface area contributed by atoms with E-state index in [0.717, 1.165) is 0 Å². The highest BCUT2D eigenvalue weighted by Crippen LogP contribution is 2.12. The summed E-state index contributed by atoms with van der Waals surface area (Å²) in [7, 11) is 1.72. The first kappa shape index (κ1) is 8.34. The van der Waals surface area contributed by atoms with Crippen molar-refractivity contribution >= 4 is 0 Å². The fraction of sp³-hybridized carbons (Fsp3) is 0.556. The molecule has 0 aliphatic rings. The molecule has 0 saturated heterocycles. The Bertz CT molecular complexity index is 250. The fourth-order valence-corrected chi connectivity index (χ4v) is 1.30. The predicted octanol–water partition coefficient (Wildman–Crippen LogP) is 2.02. The molecule has 1 aromatic heterocycles. The second-order valence-corrected chi connectivity index (χ2v) is 2.90.